The summed E-state index contributed by atoms with van der Waals surface area (Å²) in [4.78, 5) is 0. The molecular weight excluding hydrogens is 178 g/mol. The van der Waals surface area contributed by atoms with Crippen LogP contribution in [0.4, 0.5) is 0 Å². The number of aliphatic hydroxyl groups excluding tert-OH is 5. The summed E-state index contributed by atoms with van der Waals surface area (Å²) in [6.07, 6.45) is -5.65. The van der Waals surface area contributed by atoms with Crippen molar-refractivity contribution in [2.45, 2.75) is 24.4 Å². The molecule has 1 unspecified atom stereocenters. The van der Waals surface area contributed by atoms with Gasteiger partial charge in [-0.2, -0.15) is 0 Å². The highest BCUT2D eigenvalue weighted by Crippen LogP contribution is 2.04. The average molecular weight is 195 g/mol. The van der Waals surface area contributed by atoms with Crippen molar-refractivity contribution in [3.63, 3.8) is 0 Å². The van der Waals surface area contributed by atoms with E-state index in [1.807, 2.05) is 0 Å². The lowest BCUT2D eigenvalue weighted by atomic mass is 10.0. The second-order valence-electron chi connectivity index (χ2n) is 2.86. The van der Waals surface area contributed by atoms with E-state index in [0.717, 1.165) is 0 Å². The molecule has 0 fully saturated rings. The lowest BCUT2D eigenvalue weighted by Gasteiger charge is -2.25. The Balaban J connectivity index is 3.99. The number of likely N-dealkylation sites (N-methyl/N-ethyl adjacent to an activating group) is 1. The third-order valence-corrected chi connectivity index (χ3v) is 1.74. The third kappa shape index (κ3) is 3.99. The largest absolute Gasteiger partial charge is 0.394 e. The van der Waals surface area contributed by atoms with Gasteiger partial charge < -0.3 is 30.8 Å². The maximum atomic E-state index is 9.21. The molecule has 6 N–H and O–H groups in total. The molecule has 13 heavy (non-hydrogen) atoms. The molecular formula is C7H17NO5. The Morgan fingerprint density at radius 3 is 1.85 bits per heavy atom. The van der Waals surface area contributed by atoms with E-state index in [0.29, 0.717) is 0 Å². The number of hydrogen-bond donors (Lipinski definition) is 6. The van der Waals surface area contributed by atoms with Crippen LogP contribution in [0.25, 0.3) is 0 Å². The zero-order valence-corrected chi connectivity index (χ0v) is 7.46. The van der Waals surface area contributed by atoms with Gasteiger partial charge in [0.1, 0.15) is 18.3 Å². The van der Waals surface area contributed by atoms with Crippen molar-refractivity contribution >= 4 is 0 Å². The van der Waals surface area contributed by atoms with Gasteiger partial charge in [0.25, 0.3) is 0 Å². The van der Waals surface area contributed by atoms with E-state index in [-0.39, 0.29) is 6.54 Å². The van der Waals surface area contributed by atoms with Crippen LogP contribution in [0.3, 0.4) is 0 Å². The Bertz CT molecular complexity index is 134. The monoisotopic (exact) mass is 195 g/mol. The molecule has 0 aromatic heterocycles. The standard InChI is InChI=1S/C7H17NO5/c1-8-2-4(10)6(12)7(13)5(11)3-9/h4-13H,2-3H2,1H3/t4?,5-,6-,7-/m1/s1. The Hall–Kier alpha value is -0.240. The summed E-state index contributed by atoms with van der Waals surface area (Å²) in [6, 6.07) is 0. The highest BCUT2D eigenvalue weighted by molar-refractivity contribution is 4.81. The van der Waals surface area contributed by atoms with Gasteiger partial charge in [-0.1, -0.05) is 0 Å². The van der Waals surface area contributed by atoms with Gasteiger partial charge in [-0.05, 0) is 7.05 Å². The van der Waals surface area contributed by atoms with Crippen molar-refractivity contribution < 1.29 is 25.5 Å². The summed E-state index contributed by atoms with van der Waals surface area (Å²) in [5.41, 5.74) is 0. The Kier molecular flexibility index (Phi) is 6.13. The quantitative estimate of drug-likeness (QED) is 0.264. The van der Waals surface area contributed by atoms with E-state index in [9.17, 15) is 5.11 Å². The number of nitrogens with one attached hydrogen (secondary N) is 1. The maximum absolute atomic E-state index is 9.21. The average Bonchev–Trinajstić information content (AvgIpc) is 2.14. The predicted molar refractivity (Wildman–Crippen MR) is 45.0 cm³/mol. The summed E-state index contributed by atoms with van der Waals surface area (Å²) in [5, 5.41) is 47.5. The summed E-state index contributed by atoms with van der Waals surface area (Å²) in [6.45, 7) is -0.569. The van der Waals surface area contributed by atoms with Gasteiger partial charge >= 0.3 is 0 Å². The van der Waals surface area contributed by atoms with Crippen LogP contribution < -0.4 is 5.32 Å². The van der Waals surface area contributed by atoms with E-state index in [2.05, 4.69) is 5.32 Å². The Morgan fingerprint density at radius 2 is 1.46 bits per heavy atom. The molecule has 0 aliphatic heterocycles. The first kappa shape index (κ1) is 12.8. The van der Waals surface area contributed by atoms with Gasteiger partial charge in [-0.15, -0.1) is 0 Å². The molecule has 0 aliphatic carbocycles. The normalized spacial score (nSPS) is 20.8. The summed E-state index contributed by atoms with van der Waals surface area (Å²) < 4.78 is 0. The minimum Gasteiger partial charge on any atom is -0.394 e. The fourth-order valence-corrected chi connectivity index (χ4v) is 0.893. The molecule has 0 aromatic rings. The van der Waals surface area contributed by atoms with Crippen LogP contribution in [-0.4, -0.2) is 70.1 Å². The molecule has 0 rings (SSSR count). The summed E-state index contributed by atoms with van der Waals surface area (Å²) in [7, 11) is 1.57. The van der Waals surface area contributed by atoms with Crippen LogP contribution >= 0.6 is 0 Å². The van der Waals surface area contributed by atoms with Gasteiger partial charge in [0.15, 0.2) is 0 Å². The highest BCUT2D eigenvalue weighted by atomic mass is 16.4. The minimum absolute atomic E-state index is 0.0936. The van der Waals surface area contributed by atoms with Gasteiger partial charge in [-0.25, -0.2) is 0 Å². The molecule has 4 atom stereocenters. The zero-order chi connectivity index (χ0) is 10.4. The zero-order valence-electron chi connectivity index (χ0n) is 7.46. The summed E-state index contributed by atoms with van der Waals surface area (Å²) >= 11 is 0. The lowest BCUT2D eigenvalue weighted by molar-refractivity contribution is -0.113. The molecule has 0 bridgehead atoms. The van der Waals surface area contributed by atoms with Crippen molar-refractivity contribution in [3.8, 4) is 0 Å². The van der Waals surface area contributed by atoms with Gasteiger partial charge in [0, 0.05) is 6.54 Å². The van der Waals surface area contributed by atoms with Gasteiger partial charge in [0.05, 0.1) is 12.7 Å². The van der Waals surface area contributed by atoms with Crippen molar-refractivity contribution in [1.82, 2.24) is 5.32 Å². The second-order valence-corrected chi connectivity index (χ2v) is 2.86. The van der Waals surface area contributed by atoms with E-state index < -0.39 is 31.0 Å². The molecule has 0 amide bonds. The van der Waals surface area contributed by atoms with Crippen LogP contribution in [-0.2, 0) is 0 Å². The topological polar surface area (TPSA) is 113 Å². The fourth-order valence-electron chi connectivity index (χ4n) is 0.893. The van der Waals surface area contributed by atoms with Crippen molar-refractivity contribution in [1.29, 1.82) is 0 Å². The predicted octanol–water partition coefficient (Wildman–Crippen LogP) is -3.36. The number of aliphatic hydroxyl groups is 5. The van der Waals surface area contributed by atoms with Gasteiger partial charge in [-0.3, -0.25) is 0 Å². The molecule has 0 aliphatic rings. The molecule has 0 saturated carbocycles. The van der Waals surface area contributed by atoms with Crippen molar-refractivity contribution in [3.05, 3.63) is 0 Å². The molecule has 6 nitrogen and oxygen atoms in total. The molecule has 0 radical (unpaired) electrons. The van der Waals surface area contributed by atoms with Gasteiger partial charge in [0.2, 0.25) is 0 Å². The molecule has 0 heterocycles. The van der Waals surface area contributed by atoms with E-state index >= 15 is 0 Å². The van der Waals surface area contributed by atoms with Crippen molar-refractivity contribution in [2.75, 3.05) is 20.2 Å². The van der Waals surface area contributed by atoms with Crippen molar-refractivity contribution in [2.24, 2.45) is 0 Å². The first-order valence-electron chi connectivity index (χ1n) is 4.02. The number of rotatable bonds is 6. The maximum Gasteiger partial charge on any atom is 0.111 e. The van der Waals surface area contributed by atoms with Crippen LogP contribution in [0.15, 0.2) is 0 Å². The van der Waals surface area contributed by atoms with Crippen LogP contribution in [0.2, 0.25) is 0 Å². The Morgan fingerprint density at radius 1 is 1.00 bits per heavy atom. The van der Waals surface area contributed by atoms with E-state index in [4.69, 9.17) is 20.4 Å². The molecule has 0 saturated heterocycles. The molecule has 0 aromatic carbocycles. The first-order valence-corrected chi connectivity index (χ1v) is 4.02. The van der Waals surface area contributed by atoms with Crippen LogP contribution in [0.1, 0.15) is 0 Å². The Labute approximate surface area is 76.4 Å². The smallest absolute Gasteiger partial charge is 0.111 e. The summed E-state index contributed by atoms with van der Waals surface area (Å²) in [5.74, 6) is 0. The van der Waals surface area contributed by atoms with E-state index in [1.165, 1.54) is 0 Å². The van der Waals surface area contributed by atoms with E-state index in [1.54, 1.807) is 7.05 Å². The molecule has 6 heteroatoms. The second kappa shape index (κ2) is 6.25. The minimum atomic E-state index is -1.55. The highest BCUT2D eigenvalue weighted by Gasteiger charge is 2.29. The molecule has 0 spiro atoms. The third-order valence-electron chi connectivity index (χ3n) is 1.74. The SMILES string of the molecule is CNCC(O)[C@@H](O)[C@H](O)[C@H](O)CO. The number of hydrogen-bond acceptors (Lipinski definition) is 6. The van der Waals surface area contributed by atoms with Crippen LogP contribution in [0.5, 0.6) is 0 Å². The fraction of sp³-hybridized carbons (Fsp3) is 1.00. The first-order chi connectivity index (χ1) is 6.04. The lowest BCUT2D eigenvalue weighted by Crippen LogP contribution is -2.48. The molecule has 80 valence electrons. The van der Waals surface area contributed by atoms with Crippen LogP contribution in [0, 0.1) is 0 Å².